The average Bonchev–Trinajstić information content (AvgIpc) is 2.34. The van der Waals surface area contributed by atoms with Gasteiger partial charge >= 0.3 is 0 Å². The Morgan fingerprint density at radius 3 is 2.38 bits per heavy atom. The lowest BCUT2D eigenvalue weighted by atomic mass is 10.2. The summed E-state index contributed by atoms with van der Waals surface area (Å²) in [4.78, 5) is 0. The predicted octanol–water partition coefficient (Wildman–Crippen LogP) is 0.648. The predicted molar refractivity (Wildman–Crippen MR) is 28.3 cm³/mol. The van der Waals surface area contributed by atoms with E-state index in [0.717, 1.165) is 12.8 Å². The van der Waals surface area contributed by atoms with Crippen LogP contribution < -0.4 is 0 Å². The summed E-state index contributed by atoms with van der Waals surface area (Å²) in [6, 6.07) is 0. The smallest absolute Gasteiger partial charge is 0.155 e. The van der Waals surface area contributed by atoms with Gasteiger partial charge in [0, 0.05) is 6.42 Å². The van der Waals surface area contributed by atoms with E-state index in [1.54, 1.807) is 0 Å². The third-order valence-corrected chi connectivity index (χ3v) is 2.04. The van der Waals surface area contributed by atoms with E-state index in [4.69, 9.17) is 9.84 Å². The van der Waals surface area contributed by atoms with Crippen LogP contribution in [0.3, 0.4) is 0 Å². The molecule has 1 saturated heterocycles. The van der Waals surface area contributed by atoms with Crippen LogP contribution in [0.2, 0.25) is 0 Å². The molecular weight excluding hydrogens is 104 g/mol. The van der Waals surface area contributed by atoms with E-state index in [2.05, 4.69) is 0 Å². The summed E-state index contributed by atoms with van der Waals surface area (Å²) in [6.07, 6.45) is 3.82. The standard InChI is InChI=1S/C6H10O2/c7-5-1-2-6(8-5)3-4-6/h5,7H,1-4H2. The van der Waals surface area contributed by atoms with Crippen molar-refractivity contribution in [1.82, 2.24) is 0 Å². The van der Waals surface area contributed by atoms with E-state index in [0.29, 0.717) is 0 Å². The summed E-state index contributed by atoms with van der Waals surface area (Å²) in [7, 11) is 0. The fourth-order valence-electron chi connectivity index (χ4n) is 1.30. The quantitative estimate of drug-likeness (QED) is 0.501. The zero-order valence-electron chi connectivity index (χ0n) is 4.76. The van der Waals surface area contributed by atoms with Crippen molar-refractivity contribution in [3.05, 3.63) is 0 Å². The Hall–Kier alpha value is -0.0800. The van der Waals surface area contributed by atoms with Gasteiger partial charge in [0.15, 0.2) is 6.29 Å². The number of aliphatic hydroxyl groups excluding tert-OH is 1. The van der Waals surface area contributed by atoms with Crippen LogP contribution in [-0.2, 0) is 4.74 Å². The zero-order valence-corrected chi connectivity index (χ0v) is 4.76. The summed E-state index contributed by atoms with van der Waals surface area (Å²) in [5.74, 6) is 0. The number of aliphatic hydroxyl groups is 1. The third kappa shape index (κ3) is 0.565. The van der Waals surface area contributed by atoms with Gasteiger partial charge in [-0.2, -0.15) is 0 Å². The van der Waals surface area contributed by atoms with E-state index in [1.165, 1.54) is 12.8 Å². The molecule has 1 N–H and O–H groups in total. The minimum atomic E-state index is -0.447. The molecule has 1 aliphatic carbocycles. The largest absolute Gasteiger partial charge is 0.368 e. The molecule has 1 heterocycles. The minimum Gasteiger partial charge on any atom is -0.368 e. The van der Waals surface area contributed by atoms with Crippen molar-refractivity contribution >= 4 is 0 Å². The van der Waals surface area contributed by atoms with E-state index >= 15 is 0 Å². The minimum absolute atomic E-state index is 0.166. The second-order valence-electron chi connectivity index (χ2n) is 2.79. The molecule has 0 bridgehead atoms. The van der Waals surface area contributed by atoms with Crippen LogP contribution in [0.1, 0.15) is 25.7 Å². The van der Waals surface area contributed by atoms with Crippen molar-refractivity contribution < 1.29 is 9.84 Å². The van der Waals surface area contributed by atoms with Crippen LogP contribution in [0.4, 0.5) is 0 Å². The molecule has 46 valence electrons. The highest BCUT2D eigenvalue weighted by molar-refractivity contribution is 4.98. The van der Waals surface area contributed by atoms with Crippen molar-refractivity contribution in [2.45, 2.75) is 37.6 Å². The van der Waals surface area contributed by atoms with Crippen LogP contribution >= 0.6 is 0 Å². The van der Waals surface area contributed by atoms with Crippen molar-refractivity contribution in [3.63, 3.8) is 0 Å². The first-order chi connectivity index (χ1) is 3.81. The summed E-state index contributed by atoms with van der Waals surface area (Å²) in [5, 5.41) is 8.88. The molecule has 0 aromatic carbocycles. The van der Waals surface area contributed by atoms with Crippen LogP contribution in [0.15, 0.2) is 0 Å². The van der Waals surface area contributed by atoms with Crippen LogP contribution in [0.5, 0.6) is 0 Å². The van der Waals surface area contributed by atoms with Crippen molar-refractivity contribution in [3.8, 4) is 0 Å². The molecule has 1 unspecified atom stereocenters. The van der Waals surface area contributed by atoms with Gasteiger partial charge in [-0.25, -0.2) is 0 Å². The highest BCUT2D eigenvalue weighted by atomic mass is 16.6. The lowest BCUT2D eigenvalue weighted by Crippen LogP contribution is -2.09. The molecule has 0 aromatic heterocycles. The van der Waals surface area contributed by atoms with E-state index in [-0.39, 0.29) is 5.60 Å². The highest BCUT2D eigenvalue weighted by Gasteiger charge is 2.49. The van der Waals surface area contributed by atoms with Gasteiger partial charge in [0.2, 0.25) is 0 Å². The van der Waals surface area contributed by atoms with Gasteiger partial charge in [0.25, 0.3) is 0 Å². The molecule has 1 spiro atoms. The fraction of sp³-hybridized carbons (Fsp3) is 1.00. The lowest BCUT2D eigenvalue weighted by molar-refractivity contribution is -0.0997. The third-order valence-electron chi connectivity index (χ3n) is 2.04. The number of hydrogen-bond acceptors (Lipinski definition) is 2. The Kier molecular flexibility index (Phi) is 0.746. The molecule has 2 fully saturated rings. The summed E-state index contributed by atoms with van der Waals surface area (Å²) >= 11 is 0. The SMILES string of the molecule is OC1CCC2(CC2)O1. The van der Waals surface area contributed by atoms with E-state index in [1.807, 2.05) is 0 Å². The molecule has 2 aliphatic rings. The summed E-state index contributed by atoms with van der Waals surface area (Å²) < 4.78 is 5.22. The Bertz CT molecular complexity index is 107. The monoisotopic (exact) mass is 114 g/mol. The van der Waals surface area contributed by atoms with Gasteiger partial charge in [-0.3, -0.25) is 0 Å². The highest BCUT2D eigenvalue weighted by Crippen LogP contribution is 2.48. The molecule has 1 aliphatic heterocycles. The van der Waals surface area contributed by atoms with Crippen molar-refractivity contribution in [2.24, 2.45) is 0 Å². The molecule has 1 atom stereocenters. The fourth-order valence-corrected chi connectivity index (χ4v) is 1.30. The van der Waals surface area contributed by atoms with Gasteiger partial charge in [-0.05, 0) is 19.3 Å². The van der Waals surface area contributed by atoms with Gasteiger partial charge in [-0.15, -0.1) is 0 Å². The average molecular weight is 114 g/mol. The first-order valence-corrected chi connectivity index (χ1v) is 3.17. The maximum Gasteiger partial charge on any atom is 0.155 e. The van der Waals surface area contributed by atoms with E-state index in [9.17, 15) is 0 Å². The number of ether oxygens (including phenoxy) is 1. The van der Waals surface area contributed by atoms with Crippen molar-refractivity contribution in [1.29, 1.82) is 0 Å². The van der Waals surface area contributed by atoms with Gasteiger partial charge < -0.3 is 9.84 Å². The number of rotatable bonds is 0. The lowest BCUT2D eigenvalue weighted by Gasteiger charge is -2.04. The molecule has 8 heavy (non-hydrogen) atoms. The maximum atomic E-state index is 8.88. The zero-order chi connectivity index (χ0) is 5.61. The van der Waals surface area contributed by atoms with Crippen LogP contribution in [0, 0.1) is 0 Å². The Balaban J connectivity index is 2.03. The first kappa shape index (κ1) is 4.77. The molecule has 0 amide bonds. The molecule has 0 radical (unpaired) electrons. The normalized spacial score (nSPS) is 40.9. The maximum absolute atomic E-state index is 8.88. The second-order valence-corrected chi connectivity index (χ2v) is 2.79. The molecule has 2 nitrogen and oxygen atoms in total. The van der Waals surface area contributed by atoms with Gasteiger partial charge in [0.05, 0.1) is 5.60 Å². The Labute approximate surface area is 48.5 Å². The molecule has 2 rings (SSSR count). The molecular formula is C6H10O2. The van der Waals surface area contributed by atoms with Crippen molar-refractivity contribution in [2.75, 3.05) is 0 Å². The van der Waals surface area contributed by atoms with E-state index < -0.39 is 6.29 Å². The summed E-state index contributed by atoms with van der Waals surface area (Å²) in [5.41, 5.74) is 0.166. The van der Waals surface area contributed by atoms with Gasteiger partial charge in [-0.1, -0.05) is 0 Å². The topological polar surface area (TPSA) is 29.5 Å². The Morgan fingerprint density at radius 1 is 1.38 bits per heavy atom. The first-order valence-electron chi connectivity index (χ1n) is 3.17. The van der Waals surface area contributed by atoms with Crippen LogP contribution in [-0.4, -0.2) is 17.0 Å². The second kappa shape index (κ2) is 1.25. The van der Waals surface area contributed by atoms with Gasteiger partial charge in [0.1, 0.15) is 0 Å². The Morgan fingerprint density at radius 2 is 2.12 bits per heavy atom. The number of hydrogen-bond donors (Lipinski definition) is 1. The molecule has 2 heteroatoms. The molecule has 0 aromatic rings. The molecule has 1 saturated carbocycles. The van der Waals surface area contributed by atoms with Crippen LogP contribution in [0.25, 0.3) is 0 Å². The summed E-state index contributed by atoms with van der Waals surface area (Å²) in [6.45, 7) is 0.